The van der Waals surface area contributed by atoms with Gasteiger partial charge in [-0.1, -0.05) is 18.2 Å². The Kier molecular flexibility index (Phi) is 5.11. The van der Waals surface area contributed by atoms with Crippen molar-refractivity contribution < 1.29 is 9.53 Å². The van der Waals surface area contributed by atoms with Crippen molar-refractivity contribution in [3.63, 3.8) is 0 Å². The normalized spacial score (nSPS) is 13.2. The lowest BCUT2D eigenvalue weighted by molar-refractivity contribution is -0.120. The number of hydrogen-bond donors (Lipinski definition) is 2. The summed E-state index contributed by atoms with van der Waals surface area (Å²) < 4.78 is 5.31. The molecule has 0 aliphatic carbocycles. The van der Waals surface area contributed by atoms with E-state index in [0.717, 1.165) is 42.1 Å². The predicted octanol–water partition coefficient (Wildman–Crippen LogP) is 1.90. The van der Waals surface area contributed by atoms with Gasteiger partial charge in [0.2, 0.25) is 5.91 Å². The lowest BCUT2D eigenvalue weighted by atomic mass is 9.96. The van der Waals surface area contributed by atoms with Gasteiger partial charge in [-0.15, -0.1) is 0 Å². The second-order valence-corrected chi connectivity index (χ2v) is 6.02. The summed E-state index contributed by atoms with van der Waals surface area (Å²) in [6.45, 7) is 4.35. The van der Waals surface area contributed by atoms with Gasteiger partial charge in [0.1, 0.15) is 5.75 Å². The fraction of sp³-hybridized carbons (Fsp3) is 0.368. The van der Waals surface area contributed by atoms with E-state index in [1.54, 1.807) is 7.11 Å². The topological polar surface area (TPSA) is 63.2 Å². The minimum absolute atomic E-state index is 0.00885. The molecule has 0 unspecified atom stereocenters. The summed E-state index contributed by atoms with van der Waals surface area (Å²) in [4.78, 5) is 16.8. The summed E-state index contributed by atoms with van der Waals surface area (Å²) >= 11 is 0. The molecule has 0 fully saturated rings. The lowest BCUT2D eigenvalue weighted by Gasteiger charge is -2.21. The number of carbonyl (C=O) groups excluding carboxylic acids is 1. The molecule has 0 bridgehead atoms. The van der Waals surface area contributed by atoms with Crippen molar-refractivity contribution in [2.75, 3.05) is 13.7 Å². The average molecular weight is 325 g/mol. The van der Waals surface area contributed by atoms with Crippen molar-refractivity contribution in [3.8, 4) is 5.75 Å². The number of fused-ring (bicyclic) bond motifs is 1. The number of aryl methyl sites for hydroxylation is 1. The van der Waals surface area contributed by atoms with Crippen LogP contribution < -0.4 is 15.4 Å². The number of amides is 1. The van der Waals surface area contributed by atoms with Crippen molar-refractivity contribution in [2.45, 2.75) is 32.9 Å². The van der Waals surface area contributed by atoms with E-state index in [1.807, 2.05) is 37.4 Å². The highest BCUT2D eigenvalue weighted by Crippen LogP contribution is 2.21. The zero-order valence-corrected chi connectivity index (χ0v) is 14.2. The Morgan fingerprint density at radius 1 is 1.38 bits per heavy atom. The smallest absolute Gasteiger partial charge is 0.224 e. The van der Waals surface area contributed by atoms with E-state index >= 15 is 0 Å². The molecule has 2 N–H and O–H groups in total. The van der Waals surface area contributed by atoms with E-state index in [-0.39, 0.29) is 5.91 Å². The highest BCUT2D eigenvalue weighted by atomic mass is 16.5. The Labute approximate surface area is 142 Å². The number of hydrogen-bond acceptors (Lipinski definition) is 4. The van der Waals surface area contributed by atoms with Gasteiger partial charge in [-0.25, -0.2) is 0 Å². The van der Waals surface area contributed by atoms with Gasteiger partial charge in [-0.2, -0.15) is 0 Å². The first-order valence-electron chi connectivity index (χ1n) is 8.24. The SMILES string of the molecule is COc1ccccc1CC(=O)NCc1c(C)ncc2c1CCNC2. The summed E-state index contributed by atoms with van der Waals surface area (Å²) in [7, 11) is 1.62. The summed E-state index contributed by atoms with van der Waals surface area (Å²) in [5.74, 6) is 0.735. The first-order valence-corrected chi connectivity index (χ1v) is 8.24. The molecule has 1 aliphatic heterocycles. The van der Waals surface area contributed by atoms with E-state index in [4.69, 9.17) is 4.74 Å². The highest BCUT2D eigenvalue weighted by Gasteiger charge is 2.16. The number of para-hydroxylation sites is 1. The molecule has 1 aromatic carbocycles. The number of carbonyl (C=O) groups is 1. The predicted molar refractivity (Wildman–Crippen MR) is 92.9 cm³/mol. The first kappa shape index (κ1) is 16.5. The number of rotatable bonds is 5. The van der Waals surface area contributed by atoms with Gasteiger partial charge < -0.3 is 15.4 Å². The number of benzene rings is 1. The molecule has 0 saturated carbocycles. The molecule has 0 atom stereocenters. The Morgan fingerprint density at radius 2 is 2.21 bits per heavy atom. The van der Waals surface area contributed by atoms with Gasteiger partial charge in [0.05, 0.1) is 13.5 Å². The summed E-state index contributed by atoms with van der Waals surface area (Å²) in [6.07, 6.45) is 3.24. The van der Waals surface area contributed by atoms with E-state index in [2.05, 4.69) is 15.6 Å². The Morgan fingerprint density at radius 3 is 3.04 bits per heavy atom. The molecular formula is C19H23N3O2. The van der Waals surface area contributed by atoms with Crippen LogP contribution in [0.15, 0.2) is 30.5 Å². The van der Waals surface area contributed by atoms with Crippen molar-refractivity contribution in [2.24, 2.45) is 0 Å². The summed E-state index contributed by atoms with van der Waals surface area (Å²) in [5, 5.41) is 6.39. The van der Waals surface area contributed by atoms with Crippen LogP contribution in [-0.2, 0) is 30.7 Å². The molecule has 1 amide bonds. The van der Waals surface area contributed by atoms with Crippen LogP contribution in [0.4, 0.5) is 0 Å². The van der Waals surface area contributed by atoms with Gasteiger partial charge in [-0.3, -0.25) is 9.78 Å². The largest absolute Gasteiger partial charge is 0.496 e. The number of methoxy groups -OCH3 is 1. The molecule has 0 saturated heterocycles. The van der Waals surface area contributed by atoms with Crippen LogP contribution >= 0.6 is 0 Å². The molecule has 1 aromatic heterocycles. The first-order chi connectivity index (χ1) is 11.7. The van der Waals surface area contributed by atoms with Gasteiger partial charge in [-0.05, 0) is 42.6 Å². The van der Waals surface area contributed by atoms with E-state index in [0.29, 0.717) is 13.0 Å². The Bertz CT molecular complexity index is 743. The number of pyridine rings is 1. The third-order valence-electron chi connectivity index (χ3n) is 4.48. The van der Waals surface area contributed by atoms with E-state index in [9.17, 15) is 4.79 Å². The monoisotopic (exact) mass is 325 g/mol. The maximum absolute atomic E-state index is 12.3. The fourth-order valence-electron chi connectivity index (χ4n) is 3.15. The summed E-state index contributed by atoms with van der Waals surface area (Å²) in [6, 6.07) is 7.61. The van der Waals surface area contributed by atoms with E-state index in [1.165, 1.54) is 11.1 Å². The number of ether oxygens (including phenoxy) is 1. The van der Waals surface area contributed by atoms with Gasteiger partial charge >= 0.3 is 0 Å². The lowest BCUT2D eigenvalue weighted by Crippen LogP contribution is -2.29. The molecule has 2 heterocycles. The number of aromatic nitrogens is 1. The highest BCUT2D eigenvalue weighted by molar-refractivity contribution is 5.79. The molecular weight excluding hydrogens is 302 g/mol. The second-order valence-electron chi connectivity index (χ2n) is 6.02. The molecule has 0 spiro atoms. The maximum atomic E-state index is 12.3. The zero-order chi connectivity index (χ0) is 16.9. The minimum atomic E-state index is -0.00885. The molecule has 5 heteroatoms. The van der Waals surface area contributed by atoms with Crippen molar-refractivity contribution in [1.82, 2.24) is 15.6 Å². The quantitative estimate of drug-likeness (QED) is 0.881. The van der Waals surface area contributed by atoms with Crippen LogP contribution in [0.25, 0.3) is 0 Å². The molecule has 5 nitrogen and oxygen atoms in total. The van der Waals surface area contributed by atoms with Crippen LogP contribution in [0.2, 0.25) is 0 Å². The standard InChI is InChI=1S/C19H23N3O2/c1-13-17(16-7-8-20-10-15(16)11-21-13)12-22-19(23)9-14-5-3-4-6-18(14)24-2/h3-6,11,20H,7-10,12H2,1-2H3,(H,22,23). The second kappa shape index (κ2) is 7.45. The van der Waals surface area contributed by atoms with Crippen LogP contribution in [0.3, 0.4) is 0 Å². The molecule has 126 valence electrons. The number of nitrogens with one attached hydrogen (secondary N) is 2. The summed E-state index contributed by atoms with van der Waals surface area (Å²) in [5.41, 5.74) is 5.61. The molecule has 2 aromatic rings. The Balaban J connectivity index is 1.69. The molecule has 1 aliphatic rings. The van der Waals surface area contributed by atoms with Crippen LogP contribution in [0.1, 0.15) is 27.9 Å². The van der Waals surface area contributed by atoms with Crippen molar-refractivity contribution in [1.29, 1.82) is 0 Å². The molecule has 0 radical (unpaired) electrons. The average Bonchev–Trinajstić information content (AvgIpc) is 2.61. The van der Waals surface area contributed by atoms with Crippen LogP contribution in [-0.4, -0.2) is 24.5 Å². The third kappa shape index (κ3) is 3.57. The van der Waals surface area contributed by atoms with Crippen LogP contribution in [0.5, 0.6) is 5.75 Å². The van der Waals surface area contributed by atoms with Crippen molar-refractivity contribution in [3.05, 3.63) is 58.4 Å². The van der Waals surface area contributed by atoms with Crippen LogP contribution in [0, 0.1) is 6.92 Å². The minimum Gasteiger partial charge on any atom is -0.496 e. The van der Waals surface area contributed by atoms with Gasteiger partial charge in [0.25, 0.3) is 0 Å². The van der Waals surface area contributed by atoms with Gasteiger partial charge in [0.15, 0.2) is 0 Å². The zero-order valence-electron chi connectivity index (χ0n) is 14.2. The molecule has 24 heavy (non-hydrogen) atoms. The van der Waals surface area contributed by atoms with Crippen molar-refractivity contribution >= 4 is 5.91 Å². The maximum Gasteiger partial charge on any atom is 0.224 e. The molecule has 3 rings (SSSR count). The van der Waals surface area contributed by atoms with E-state index < -0.39 is 0 Å². The third-order valence-corrected chi connectivity index (χ3v) is 4.48. The Hall–Kier alpha value is -2.40. The number of nitrogens with zero attached hydrogens (tertiary/aromatic N) is 1. The van der Waals surface area contributed by atoms with Gasteiger partial charge in [0, 0.05) is 30.5 Å². The fourth-order valence-corrected chi connectivity index (χ4v) is 3.15.